The molecule has 0 aliphatic rings. The summed E-state index contributed by atoms with van der Waals surface area (Å²) in [6.07, 6.45) is 0. The smallest absolute Gasteiger partial charge is 0.250 e. The normalized spacial score (nSPS) is 11.8. The zero-order valence-corrected chi connectivity index (χ0v) is 19.6. The number of para-hydroxylation sites is 2. The summed E-state index contributed by atoms with van der Waals surface area (Å²) in [7, 11) is -0.477. The highest BCUT2D eigenvalue weighted by Crippen LogP contribution is 2.48. The van der Waals surface area contributed by atoms with Crippen molar-refractivity contribution in [3.8, 4) is 17.2 Å². The summed E-state index contributed by atoms with van der Waals surface area (Å²) in [6.45, 7) is 11.0. The molecule has 3 aromatic carbocycles. The molecule has 0 heterocycles. The number of ether oxygens (including phenoxy) is 1. The van der Waals surface area contributed by atoms with E-state index in [1.807, 2.05) is 71.6 Å². The summed E-state index contributed by atoms with van der Waals surface area (Å²) < 4.78 is 12.1. The van der Waals surface area contributed by atoms with Crippen molar-refractivity contribution < 1.29 is 14.3 Å². The Morgan fingerprint density at radius 1 is 0.833 bits per heavy atom. The first kappa shape index (κ1) is 21.8. The fourth-order valence-corrected chi connectivity index (χ4v) is 4.00. The van der Waals surface area contributed by atoms with E-state index >= 15 is 0 Å². The van der Waals surface area contributed by atoms with Crippen molar-refractivity contribution in [2.75, 3.05) is 12.0 Å². The molecule has 30 heavy (non-hydrogen) atoms. The van der Waals surface area contributed by atoms with Crippen molar-refractivity contribution >= 4 is 25.4 Å². The lowest BCUT2D eigenvalue weighted by Crippen LogP contribution is -2.44. The fourth-order valence-electron chi connectivity index (χ4n) is 2.98. The highest BCUT2D eigenvalue weighted by Gasteiger charge is 2.40. The van der Waals surface area contributed by atoms with Crippen LogP contribution in [-0.2, 0) is 0 Å². The molecule has 3 aromatic rings. The molecule has 0 fully saturated rings. The van der Waals surface area contributed by atoms with Gasteiger partial charge in [0.25, 0.3) is 8.32 Å². The van der Waals surface area contributed by atoms with E-state index in [1.54, 1.807) is 13.2 Å². The predicted molar refractivity (Wildman–Crippen MR) is 127 cm³/mol. The van der Waals surface area contributed by atoms with Gasteiger partial charge >= 0.3 is 0 Å². The second kappa shape index (κ2) is 8.44. The molecule has 0 aliphatic heterocycles. The molecule has 158 valence electrons. The number of hydrogen-bond donors (Lipinski definition) is 1. The Hall–Kier alpha value is -2.92. The number of phenolic OH excluding ortho intramolecular Hbond substituents is 1. The number of nitrogens with zero attached hydrogens (tertiary/aromatic N) is 1. The maximum atomic E-state index is 11.0. The molecule has 1 N–H and O–H groups in total. The van der Waals surface area contributed by atoms with Gasteiger partial charge in [-0.15, -0.1) is 0 Å². The van der Waals surface area contributed by atoms with E-state index in [4.69, 9.17) is 9.16 Å². The number of hydrogen-bond acceptors (Lipinski definition) is 4. The second-order valence-corrected chi connectivity index (χ2v) is 13.6. The monoisotopic (exact) mass is 421 g/mol. The average Bonchev–Trinajstić information content (AvgIpc) is 2.70. The summed E-state index contributed by atoms with van der Waals surface area (Å²) in [4.78, 5) is 2.01. The molecule has 0 aromatic heterocycles. The third-order valence-electron chi connectivity index (χ3n) is 5.70. The minimum atomic E-state index is -2.13. The van der Waals surface area contributed by atoms with Gasteiger partial charge in [-0.3, -0.25) is 0 Å². The van der Waals surface area contributed by atoms with Gasteiger partial charge in [-0.2, -0.15) is 0 Å². The van der Waals surface area contributed by atoms with E-state index in [1.165, 1.54) is 0 Å². The number of methoxy groups -OCH3 is 1. The molecule has 3 rings (SSSR count). The molecule has 0 saturated carbocycles. The van der Waals surface area contributed by atoms with Crippen LogP contribution in [0.1, 0.15) is 20.8 Å². The van der Waals surface area contributed by atoms with Crippen molar-refractivity contribution in [1.82, 2.24) is 0 Å². The van der Waals surface area contributed by atoms with Crippen molar-refractivity contribution in [1.29, 1.82) is 0 Å². The number of rotatable bonds is 6. The lowest BCUT2D eigenvalue weighted by molar-refractivity contribution is 0.415. The summed E-state index contributed by atoms with van der Waals surface area (Å²) in [5, 5.41) is 11.0. The molecule has 0 amide bonds. The quantitative estimate of drug-likeness (QED) is 0.425. The largest absolute Gasteiger partial charge is 0.542 e. The molecular formula is C25H31NO3Si. The first-order chi connectivity index (χ1) is 14.1. The van der Waals surface area contributed by atoms with Crippen LogP contribution in [0.5, 0.6) is 17.2 Å². The Kier molecular flexibility index (Phi) is 6.13. The molecule has 5 heteroatoms. The lowest BCUT2D eigenvalue weighted by atomic mass is 10.1. The van der Waals surface area contributed by atoms with Crippen LogP contribution >= 0.6 is 0 Å². The number of benzene rings is 3. The van der Waals surface area contributed by atoms with Crippen molar-refractivity contribution in [3.63, 3.8) is 0 Å². The van der Waals surface area contributed by atoms with Gasteiger partial charge in [-0.25, -0.2) is 0 Å². The summed E-state index contributed by atoms with van der Waals surface area (Å²) >= 11 is 0. The number of aromatic hydroxyl groups is 1. The average molecular weight is 422 g/mol. The molecule has 0 saturated heterocycles. The van der Waals surface area contributed by atoms with E-state index in [0.29, 0.717) is 11.4 Å². The van der Waals surface area contributed by atoms with Gasteiger partial charge in [0.05, 0.1) is 12.8 Å². The first-order valence-corrected chi connectivity index (χ1v) is 13.0. The Balaban J connectivity index is 2.22. The highest BCUT2D eigenvalue weighted by atomic mass is 28.4. The van der Waals surface area contributed by atoms with Gasteiger partial charge in [-0.1, -0.05) is 51.1 Å². The van der Waals surface area contributed by atoms with Crippen molar-refractivity contribution in [2.24, 2.45) is 0 Å². The van der Waals surface area contributed by atoms with Crippen LogP contribution in [0.2, 0.25) is 18.1 Å². The molecule has 0 unspecified atom stereocenters. The molecule has 0 bridgehead atoms. The van der Waals surface area contributed by atoms with Crippen LogP contribution in [0.4, 0.5) is 17.1 Å². The molecule has 0 radical (unpaired) electrons. The summed E-state index contributed by atoms with van der Waals surface area (Å²) in [6, 6.07) is 23.2. The summed E-state index contributed by atoms with van der Waals surface area (Å²) in [5.41, 5.74) is 2.43. The SMILES string of the molecule is COc1cccc(N(c2ccccc2)c2c(O)cccc2O[Si](C)(C)C(C)(C)C)c1. The lowest BCUT2D eigenvalue weighted by Gasteiger charge is -2.38. The third kappa shape index (κ3) is 4.46. The number of anilines is 3. The van der Waals surface area contributed by atoms with Gasteiger partial charge in [0, 0.05) is 11.8 Å². The molecular weight excluding hydrogens is 390 g/mol. The van der Waals surface area contributed by atoms with E-state index in [0.717, 1.165) is 17.1 Å². The fraction of sp³-hybridized carbons (Fsp3) is 0.280. The van der Waals surface area contributed by atoms with Gasteiger partial charge in [-0.05, 0) is 54.5 Å². The topological polar surface area (TPSA) is 41.9 Å². The van der Waals surface area contributed by atoms with Crippen LogP contribution < -0.4 is 14.1 Å². The molecule has 4 nitrogen and oxygen atoms in total. The van der Waals surface area contributed by atoms with Crippen LogP contribution in [0, 0.1) is 0 Å². The standard InChI is InChI=1S/C25H31NO3Si/c1-25(2,3)30(5,6)29-23-17-11-16-22(27)24(23)26(19-12-8-7-9-13-19)20-14-10-15-21(18-20)28-4/h7-18,27H,1-6H3. The Morgan fingerprint density at radius 2 is 1.47 bits per heavy atom. The zero-order valence-electron chi connectivity index (χ0n) is 18.6. The highest BCUT2D eigenvalue weighted by molar-refractivity contribution is 6.74. The molecule has 0 spiro atoms. The van der Waals surface area contributed by atoms with Gasteiger partial charge in [0.2, 0.25) is 0 Å². The Bertz CT molecular complexity index is 997. The van der Waals surface area contributed by atoms with Crippen LogP contribution in [0.3, 0.4) is 0 Å². The molecule has 0 atom stereocenters. The van der Waals surface area contributed by atoms with E-state index in [9.17, 15) is 5.11 Å². The van der Waals surface area contributed by atoms with Gasteiger partial charge in [0.1, 0.15) is 22.9 Å². The van der Waals surface area contributed by atoms with Crippen LogP contribution in [0.15, 0.2) is 72.8 Å². The predicted octanol–water partition coefficient (Wildman–Crippen LogP) is 7.25. The van der Waals surface area contributed by atoms with Gasteiger partial charge in [0.15, 0.2) is 0 Å². The maximum absolute atomic E-state index is 11.0. The van der Waals surface area contributed by atoms with Crippen LogP contribution in [-0.4, -0.2) is 20.5 Å². The Morgan fingerprint density at radius 3 is 2.10 bits per heavy atom. The van der Waals surface area contributed by atoms with E-state index < -0.39 is 8.32 Å². The minimum Gasteiger partial charge on any atom is -0.542 e. The van der Waals surface area contributed by atoms with Crippen molar-refractivity contribution in [2.45, 2.75) is 38.9 Å². The van der Waals surface area contributed by atoms with E-state index in [-0.39, 0.29) is 10.8 Å². The summed E-state index contributed by atoms with van der Waals surface area (Å²) in [5.74, 6) is 1.59. The number of phenols is 1. The minimum absolute atomic E-state index is 0.0310. The zero-order chi connectivity index (χ0) is 21.9. The first-order valence-electron chi connectivity index (χ1n) is 10.1. The Labute approximate surface area is 180 Å². The van der Waals surface area contributed by atoms with Gasteiger partial charge < -0.3 is 19.2 Å². The van der Waals surface area contributed by atoms with Crippen molar-refractivity contribution in [3.05, 3.63) is 72.8 Å². The maximum Gasteiger partial charge on any atom is 0.250 e. The third-order valence-corrected chi connectivity index (χ3v) is 10.0. The molecule has 0 aliphatic carbocycles. The van der Waals surface area contributed by atoms with Crippen LogP contribution in [0.25, 0.3) is 0 Å². The van der Waals surface area contributed by atoms with E-state index in [2.05, 4.69) is 33.9 Å². The second-order valence-electron chi connectivity index (χ2n) is 8.86.